The number of hydrogen-bond acceptors (Lipinski definition) is 6. The molecule has 6 rings (SSSR count). The van der Waals surface area contributed by atoms with Crippen LogP contribution in [0.15, 0.2) is 30.3 Å². The van der Waals surface area contributed by atoms with E-state index in [4.69, 9.17) is 9.72 Å². The van der Waals surface area contributed by atoms with Gasteiger partial charge in [-0.2, -0.15) is 5.10 Å². The maximum absolute atomic E-state index is 14.1. The molecule has 1 fully saturated rings. The number of carbonyl (C=O) groups excluding carboxylic acids is 1. The van der Waals surface area contributed by atoms with E-state index < -0.39 is 5.82 Å². The van der Waals surface area contributed by atoms with Crippen LogP contribution < -0.4 is 0 Å². The molecule has 1 saturated heterocycles. The molecule has 2 aromatic heterocycles. The third kappa shape index (κ3) is 3.03. The first-order chi connectivity index (χ1) is 15.9. The number of cyclic esters (lactones) is 1. The minimum atomic E-state index is -0.646. The van der Waals surface area contributed by atoms with Crippen molar-refractivity contribution in [2.75, 3.05) is 0 Å². The van der Waals surface area contributed by atoms with E-state index in [-0.39, 0.29) is 24.0 Å². The second-order valence-electron chi connectivity index (χ2n) is 8.59. The van der Waals surface area contributed by atoms with E-state index in [1.54, 1.807) is 0 Å². The highest BCUT2D eigenvalue weighted by molar-refractivity contribution is 5.94. The van der Waals surface area contributed by atoms with Gasteiger partial charge in [-0.15, -0.1) is 0 Å². The van der Waals surface area contributed by atoms with E-state index >= 15 is 0 Å². The van der Waals surface area contributed by atoms with Crippen LogP contribution in [0, 0.1) is 5.82 Å². The average Bonchev–Trinajstić information content (AvgIpc) is 3.48. The fourth-order valence-electron chi connectivity index (χ4n) is 4.90. The van der Waals surface area contributed by atoms with Crippen LogP contribution in [-0.4, -0.2) is 48.4 Å². The lowest BCUT2D eigenvalue weighted by Crippen LogP contribution is -2.41. The minimum absolute atomic E-state index is 0.201. The summed E-state index contributed by atoms with van der Waals surface area (Å²) >= 11 is 0. The zero-order valence-corrected chi connectivity index (χ0v) is 18.1. The van der Waals surface area contributed by atoms with Crippen molar-refractivity contribution in [2.24, 2.45) is 0 Å². The summed E-state index contributed by atoms with van der Waals surface area (Å²) in [6.45, 7) is 4.41. The summed E-state index contributed by atoms with van der Waals surface area (Å²) in [6, 6.07) is 8.33. The number of esters is 1. The SMILES string of the molecule is CCc1cc(O)c(F)cc1-c1ccc2c(-c3nc4c([nH]3)CN3C(C)OC(=O)C3C4)n[nH]c2c1. The van der Waals surface area contributed by atoms with Gasteiger partial charge in [-0.25, -0.2) is 14.3 Å². The normalized spacial score (nSPS) is 20.2. The Bertz CT molecular complexity index is 1430. The molecule has 9 heteroatoms. The van der Waals surface area contributed by atoms with Gasteiger partial charge in [0.1, 0.15) is 11.7 Å². The molecule has 0 amide bonds. The lowest BCUT2D eigenvalue weighted by atomic mass is 9.96. The number of H-pyrrole nitrogens is 2. The number of aryl methyl sites for hydroxylation is 1. The number of carbonyl (C=O) groups is 1. The molecule has 4 heterocycles. The molecule has 0 aliphatic carbocycles. The predicted octanol–water partition coefficient (Wildman–Crippen LogP) is 3.66. The van der Waals surface area contributed by atoms with Crippen molar-refractivity contribution in [2.45, 2.75) is 45.5 Å². The molecular formula is C24H22FN5O3. The van der Waals surface area contributed by atoms with E-state index in [1.807, 2.05) is 36.9 Å². The van der Waals surface area contributed by atoms with Crippen LogP contribution in [0.25, 0.3) is 33.5 Å². The molecule has 0 radical (unpaired) electrons. The van der Waals surface area contributed by atoms with Crippen LogP contribution in [0.1, 0.15) is 30.8 Å². The Balaban J connectivity index is 1.37. The molecule has 2 unspecified atom stereocenters. The second kappa shape index (κ2) is 7.14. The van der Waals surface area contributed by atoms with E-state index in [0.717, 1.165) is 39.0 Å². The van der Waals surface area contributed by atoms with Gasteiger partial charge >= 0.3 is 5.97 Å². The summed E-state index contributed by atoms with van der Waals surface area (Å²) in [5.41, 5.74) is 5.74. The van der Waals surface area contributed by atoms with Crippen LogP contribution in [-0.2, 0) is 28.9 Å². The van der Waals surface area contributed by atoms with Crippen molar-refractivity contribution >= 4 is 16.9 Å². The Kier molecular flexibility index (Phi) is 4.31. The fraction of sp³-hybridized carbons (Fsp3) is 0.292. The molecule has 2 aliphatic rings. The Morgan fingerprint density at radius 3 is 2.97 bits per heavy atom. The third-order valence-corrected chi connectivity index (χ3v) is 6.67. The average molecular weight is 447 g/mol. The van der Waals surface area contributed by atoms with E-state index in [2.05, 4.69) is 15.2 Å². The van der Waals surface area contributed by atoms with Gasteiger partial charge in [0.15, 0.2) is 23.6 Å². The zero-order valence-electron chi connectivity index (χ0n) is 18.1. The van der Waals surface area contributed by atoms with Crippen LogP contribution in [0.2, 0.25) is 0 Å². The number of phenolic OH excluding ortho intramolecular Hbond substituents is 1. The highest BCUT2D eigenvalue weighted by Crippen LogP contribution is 2.35. The number of aromatic amines is 2. The van der Waals surface area contributed by atoms with Gasteiger partial charge in [0.05, 0.1) is 16.9 Å². The molecule has 8 nitrogen and oxygen atoms in total. The lowest BCUT2D eigenvalue weighted by molar-refractivity contribution is -0.142. The standard InChI is InChI=1S/C24H22FN5O3/c1-3-12-7-21(31)16(25)8-15(12)13-4-5-14-17(6-13)28-29-22(14)23-26-18-9-20-24(32)33-11(2)30(20)10-19(18)27-23/h4-8,11,20,31H,3,9-10H2,1-2H3,(H,26,27)(H,28,29). The van der Waals surface area contributed by atoms with E-state index in [0.29, 0.717) is 30.9 Å². The van der Waals surface area contributed by atoms with Crippen molar-refractivity contribution in [1.82, 2.24) is 25.1 Å². The number of rotatable bonds is 3. The molecule has 3 N–H and O–H groups in total. The van der Waals surface area contributed by atoms with Gasteiger partial charge in [-0.05, 0) is 54.3 Å². The van der Waals surface area contributed by atoms with Gasteiger partial charge in [0.2, 0.25) is 0 Å². The molecule has 4 aromatic rings. The molecule has 2 atom stereocenters. The number of aromatic hydroxyl groups is 1. The lowest BCUT2D eigenvalue weighted by Gasteiger charge is -2.27. The van der Waals surface area contributed by atoms with Crippen LogP contribution in [0.4, 0.5) is 4.39 Å². The van der Waals surface area contributed by atoms with E-state index in [1.165, 1.54) is 12.1 Å². The minimum Gasteiger partial charge on any atom is -0.505 e. The molecule has 0 spiro atoms. The number of ether oxygens (including phenoxy) is 1. The number of benzene rings is 2. The summed E-state index contributed by atoms with van der Waals surface area (Å²) < 4.78 is 19.4. The van der Waals surface area contributed by atoms with Crippen molar-refractivity contribution in [3.05, 3.63) is 53.1 Å². The molecule has 2 aliphatic heterocycles. The summed E-state index contributed by atoms with van der Waals surface area (Å²) in [4.78, 5) is 22.3. The number of hydrogen-bond donors (Lipinski definition) is 3. The first-order valence-electron chi connectivity index (χ1n) is 11.0. The Hall–Kier alpha value is -3.72. The Morgan fingerprint density at radius 2 is 2.15 bits per heavy atom. The zero-order chi connectivity index (χ0) is 22.9. The number of phenols is 1. The Morgan fingerprint density at radius 1 is 1.30 bits per heavy atom. The quantitative estimate of drug-likeness (QED) is 0.414. The summed E-state index contributed by atoms with van der Waals surface area (Å²) in [5.74, 6) is -0.545. The fourth-order valence-corrected chi connectivity index (χ4v) is 4.90. The highest BCUT2D eigenvalue weighted by atomic mass is 19.1. The van der Waals surface area contributed by atoms with Gasteiger partial charge in [0, 0.05) is 18.4 Å². The monoisotopic (exact) mass is 447 g/mol. The first kappa shape index (κ1) is 19.9. The number of imidazole rings is 1. The topological polar surface area (TPSA) is 107 Å². The number of halogens is 1. The molecular weight excluding hydrogens is 425 g/mol. The smallest absolute Gasteiger partial charge is 0.325 e. The Labute approximate surface area is 188 Å². The number of fused-ring (bicyclic) bond motifs is 3. The van der Waals surface area contributed by atoms with Crippen molar-refractivity contribution < 1.29 is 19.0 Å². The van der Waals surface area contributed by atoms with Gasteiger partial charge in [0.25, 0.3) is 0 Å². The van der Waals surface area contributed by atoms with Gasteiger partial charge in [-0.3, -0.25) is 9.89 Å². The van der Waals surface area contributed by atoms with Gasteiger partial charge in [-0.1, -0.05) is 13.0 Å². The molecule has 0 saturated carbocycles. The van der Waals surface area contributed by atoms with Crippen molar-refractivity contribution in [1.29, 1.82) is 0 Å². The third-order valence-electron chi connectivity index (χ3n) is 6.67. The maximum Gasteiger partial charge on any atom is 0.325 e. The van der Waals surface area contributed by atoms with Crippen LogP contribution in [0.5, 0.6) is 5.75 Å². The van der Waals surface area contributed by atoms with Crippen molar-refractivity contribution in [3.8, 4) is 28.4 Å². The van der Waals surface area contributed by atoms with E-state index in [9.17, 15) is 14.3 Å². The first-order valence-corrected chi connectivity index (χ1v) is 11.0. The number of aromatic nitrogens is 4. The summed E-state index contributed by atoms with van der Waals surface area (Å²) in [6.07, 6.45) is 0.926. The molecule has 2 aromatic carbocycles. The van der Waals surface area contributed by atoms with Gasteiger partial charge < -0.3 is 14.8 Å². The largest absolute Gasteiger partial charge is 0.505 e. The van der Waals surface area contributed by atoms with Crippen LogP contribution >= 0.6 is 0 Å². The maximum atomic E-state index is 14.1. The van der Waals surface area contributed by atoms with Crippen LogP contribution in [0.3, 0.4) is 0 Å². The van der Waals surface area contributed by atoms with Crippen molar-refractivity contribution in [3.63, 3.8) is 0 Å². The molecule has 0 bridgehead atoms. The predicted molar refractivity (Wildman–Crippen MR) is 119 cm³/mol. The number of nitrogens with one attached hydrogen (secondary N) is 2. The second-order valence-corrected chi connectivity index (χ2v) is 8.59. The summed E-state index contributed by atoms with van der Waals surface area (Å²) in [5, 5.41) is 18.1. The summed E-state index contributed by atoms with van der Waals surface area (Å²) in [7, 11) is 0. The molecule has 168 valence electrons. The molecule has 33 heavy (non-hydrogen) atoms. The number of nitrogens with zero attached hydrogens (tertiary/aromatic N) is 3. The highest BCUT2D eigenvalue weighted by Gasteiger charge is 2.44.